The van der Waals surface area contributed by atoms with Gasteiger partial charge in [0.25, 0.3) is 0 Å². The molecule has 0 N–H and O–H groups in total. The molecule has 0 fully saturated rings. The molecule has 0 unspecified atom stereocenters. The Morgan fingerprint density at radius 1 is 0.654 bits per heavy atom. The number of hydrogen-bond acceptors (Lipinski definition) is 1. The molecule has 1 atom stereocenters. The van der Waals surface area contributed by atoms with Crippen LogP contribution in [0.5, 0.6) is 0 Å². The molecule has 26 heavy (non-hydrogen) atoms. The number of benzene rings is 3. The SMILES string of the molecule is I/C=C/[C@H](Cc1ccccc1)N(Cc1ccccc1)Cc1ccccc1. The van der Waals surface area contributed by atoms with Crippen molar-refractivity contribution in [2.45, 2.75) is 25.6 Å². The zero-order valence-corrected chi connectivity index (χ0v) is 17.0. The Morgan fingerprint density at radius 3 is 1.50 bits per heavy atom. The Labute approximate surface area is 170 Å². The van der Waals surface area contributed by atoms with Crippen molar-refractivity contribution >= 4 is 22.6 Å². The van der Waals surface area contributed by atoms with Crippen molar-refractivity contribution in [2.75, 3.05) is 0 Å². The molecule has 2 heteroatoms. The third kappa shape index (κ3) is 5.82. The lowest BCUT2D eigenvalue weighted by Gasteiger charge is -2.30. The van der Waals surface area contributed by atoms with Gasteiger partial charge >= 0.3 is 0 Å². The third-order valence-corrected chi connectivity index (χ3v) is 4.92. The first-order chi connectivity index (χ1) is 12.8. The monoisotopic (exact) mass is 453 g/mol. The van der Waals surface area contributed by atoms with Crippen LogP contribution in [0.3, 0.4) is 0 Å². The average Bonchev–Trinajstić information content (AvgIpc) is 2.70. The molecule has 132 valence electrons. The molecule has 0 aromatic heterocycles. The lowest BCUT2D eigenvalue weighted by atomic mass is 10.0. The van der Waals surface area contributed by atoms with E-state index >= 15 is 0 Å². The zero-order chi connectivity index (χ0) is 18.0. The van der Waals surface area contributed by atoms with Gasteiger partial charge in [0, 0.05) is 19.1 Å². The molecule has 0 radical (unpaired) electrons. The first-order valence-corrected chi connectivity index (χ1v) is 10.2. The Morgan fingerprint density at radius 2 is 1.08 bits per heavy atom. The summed E-state index contributed by atoms with van der Waals surface area (Å²) in [4.78, 5) is 2.56. The summed E-state index contributed by atoms with van der Waals surface area (Å²) in [5.41, 5.74) is 4.07. The summed E-state index contributed by atoms with van der Waals surface area (Å²) in [6.07, 6.45) is 3.33. The summed E-state index contributed by atoms with van der Waals surface area (Å²) in [5.74, 6) is 0. The van der Waals surface area contributed by atoms with Crippen molar-refractivity contribution in [3.63, 3.8) is 0 Å². The van der Waals surface area contributed by atoms with E-state index in [4.69, 9.17) is 0 Å². The van der Waals surface area contributed by atoms with Gasteiger partial charge in [-0.05, 0) is 27.2 Å². The van der Waals surface area contributed by atoms with Gasteiger partial charge < -0.3 is 0 Å². The van der Waals surface area contributed by atoms with E-state index in [1.807, 2.05) is 0 Å². The molecule has 0 aliphatic carbocycles. The Hall–Kier alpha value is -1.91. The minimum absolute atomic E-state index is 0.356. The van der Waals surface area contributed by atoms with E-state index in [1.54, 1.807) is 0 Å². The highest BCUT2D eigenvalue weighted by Gasteiger charge is 2.17. The van der Waals surface area contributed by atoms with Crippen LogP contribution in [0.1, 0.15) is 16.7 Å². The minimum Gasteiger partial charge on any atom is -0.288 e. The van der Waals surface area contributed by atoms with Crippen molar-refractivity contribution < 1.29 is 0 Å². The quantitative estimate of drug-likeness (QED) is 0.365. The number of nitrogens with zero attached hydrogens (tertiary/aromatic N) is 1. The van der Waals surface area contributed by atoms with Gasteiger partial charge in [-0.15, -0.1) is 0 Å². The average molecular weight is 453 g/mol. The van der Waals surface area contributed by atoms with Gasteiger partial charge in [0.1, 0.15) is 0 Å². The first kappa shape index (κ1) is 18.9. The summed E-state index contributed by atoms with van der Waals surface area (Å²) in [5, 5.41) is 0. The van der Waals surface area contributed by atoms with Crippen LogP contribution >= 0.6 is 22.6 Å². The smallest absolute Gasteiger partial charge is 0.0333 e. The van der Waals surface area contributed by atoms with Crippen LogP contribution in [0.4, 0.5) is 0 Å². The number of halogens is 1. The molecule has 3 aromatic rings. The number of rotatable bonds is 8. The lowest BCUT2D eigenvalue weighted by molar-refractivity contribution is 0.209. The maximum absolute atomic E-state index is 2.56. The predicted molar refractivity (Wildman–Crippen MR) is 119 cm³/mol. The summed E-state index contributed by atoms with van der Waals surface area (Å²) in [6, 6.07) is 32.6. The number of hydrogen-bond donors (Lipinski definition) is 0. The molecular weight excluding hydrogens is 429 g/mol. The molecule has 3 aromatic carbocycles. The van der Waals surface area contributed by atoms with E-state index in [9.17, 15) is 0 Å². The highest BCUT2D eigenvalue weighted by Crippen LogP contribution is 2.18. The predicted octanol–water partition coefficient (Wildman–Crippen LogP) is 6.25. The van der Waals surface area contributed by atoms with Crippen LogP contribution in [-0.2, 0) is 19.5 Å². The summed E-state index contributed by atoms with van der Waals surface area (Å²) >= 11 is 2.33. The molecule has 0 aliphatic rings. The standard InChI is InChI=1S/C24H24IN/c25-17-16-24(18-21-10-4-1-5-11-21)26(19-22-12-6-2-7-13-22)20-23-14-8-3-9-15-23/h1-17,24H,18-20H2/b17-16+/t24-/m1/s1. The molecule has 0 aliphatic heterocycles. The second-order valence-corrected chi connectivity index (χ2v) is 7.17. The van der Waals surface area contributed by atoms with E-state index in [0.717, 1.165) is 19.5 Å². The Kier molecular flexibility index (Phi) is 7.47. The van der Waals surface area contributed by atoms with Crippen LogP contribution in [0.25, 0.3) is 0 Å². The normalized spacial score (nSPS) is 12.5. The fraction of sp³-hybridized carbons (Fsp3) is 0.167. The van der Waals surface area contributed by atoms with Gasteiger partial charge in [-0.2, -0.15) is 0 Å². The molecular formula is C24H24IN. The minimum atomic E-state index is 0.356. The molecule has 3 rings (SSSR count). The Bertz CT molecular complexity index is 743. The third-order valence-electron chi connectivity index (χ3n) is 4.51. The largest absolute Gasteiger partial charge is 0.288 e. The maximum atomic E-state index is 2.56. The summed E-state index contributed by atoms with van der Waals surface area (Å²) in [7, 11) is 0. The van der Waals surface area contributed by atoms with Gasteiger partial charge in [0.05, 0.1) is 0 Å². The molecule has 0 heterocycles. The van der Waals surface area contributed by atoms with Crippen LogP contribution in [0.15, 0.2) is 101 Å². The van der Waals surface area contributed by atoms with Gasteiger partial charge in [-0.1, -0.05) is 120 Å². The molecule has 0 bridgehead atoms. The topological polar surface area (TPSA) is 3.24 Å². The van der Waals surface area contributed by atoms with E-state index < -0.39 is 0 Å². The van der Waals surface area contributed by atoms with Crippen molar-refractivity contribution in [1.29, 1.82) is 0 Å². The lowest BCUT2D eigenvalue weighted by Crippen LogP contribution is -2.34. The molecule has 0 saturated heterocycles. The highest BCUT2D eigenvalue weighted by atomic mass is 127. The van der Waals surface area contributed by atoms with Crippen LogP contribution in [0, 0.1) is 0 Å². The van der Waals surface area contributed by atoms with Crippen molar-refractivity contribution in [3.8, 4) is 0 Å². The van der Waals surface area contributed by atoms with Crippen molar-refractivity contribution in [1.82, 2.24) is 4.90 Å². The van der Waals surface area contributed by atoms with Crippen molar-refractivity contribution in [3.05, 3.63) is 118 Å². The second-order valence-electron chi connectivity index (χ2n) is 6.45. The van der Waals surface area contributed by atoms with Crippen LogP contribution in [-0.4, -0.2) is 10.9 Å². The van der Waals surface area contributed by atoms with E-state index in [-0.39, 0.29) is 0 Å². The molecule has 0 spiro atoms. The fourth-order valence-electron chi connectivity index (χ4n) is 3.18. The van der Waals surface area contributed by atoms with Crippen molar-refractivity contribution in [2.24, 2.45) is 0 Å². The fourth-order valence-corrected chi connectivity index (χ4v) is 3.66. The highest BCUT2D eigenvalue weighted by molar-refractivity contribution is 14.1. The van der Waals surface area contributed by atoms with Gasteiger partial charge in [-0.3, -0.25) is 4.90 Å². The van der Waals surface area contributed by atoms with Crippen LogP contribution < -0.4 is 0 Å². The molecule has 1 nitrogen and oxygen atoms in total. The molecule has 0 amide bonds. The summed E-state index contributed by atoms with van der Waals surface area (Å²) < 4.78 is 2.15. The maximum Gasteiger partial charge on any atom is 0.0333 e. The van der Waals surface area contributed by atoms with E-state index in [2.05, 4.69) is 129 Å². The summed E-state index contributed by atoms with van der Waals surface area (Å²) in [6.45, 7) is 1.88. The first-order valence-electron chi connectivity index (χ1n) is 8.98. The Balaban J connectivity index is 1.85. The second kappa shape index (κ2) is 10.3. The van der Waals surface area contributed by atoms with E-state index in [1.165, 1.54) is 16.7 Å². The van der Waals surface area contributed by atoms with Gasteiger partial charge in [0.15, 0.2) is 0 Å². The zero-order valence-electron chi connectivity index (χ0n) is 14.8. The van der Waals surface area contributed by atoms with Crippen LogP contribution in [0.2, 0.25) is 0 Å². The van der Waals surface area contributed by atoms with Gasteiger partial charge in [-0.25, -0.2) is 0 Å². The van der Waals surface area contributed by atoms with Gasteiger partial charge in [0.2, 0.25) is 0 Å². The van der Waals surface area contributed by atoms with E-state index in [0.29, 0.717) is 6.04 Å². The molecule has 0 saturated carbocycles.